The smallest absolute Gasteiger partial charge is 0.234 e. The van der Waals surface area contributed by atoms with E-state index in [1.165, 1.54) is 0 Å². The molecular formula is C10H7BrClNO2. The lowest BCUT2D eigenvalue weighted by atomic mass is 10.3. The molecule has 3 nitrogen and oxygen atoms in total. The summed E-state index contributed by atoms with van der Waals surface area (Å²) in [6.45, 7) is 0. The van der Waals surface area contributed by atoms with Crippen LogP contribution in [0.15, 0.2) is 22.7 Å². The third-order valence-electron chi connectivity index (χ3n) is 2.20. The van der Waals surface area contributed by atoms with Gasteiger partial charge >= 0.3 is 0 Å². The molecule has 5 heteroatoms. The van der Waals surface area contributed by atoms with Gasteiger partial charge in [0.05, 0.1) is 10.7 Å². The van der Waals surface area contributed by atoms with Crippen LogP contribution in [-0.2, 0) is 9.59 Å². The lowest BCUT2D eigenvalue weighted by Gasteiger charge is -2.15. The van der Waals surface area contributed by atoms with E-state index in [9.17, 15) is 9.59 Å². The number of amides is 2. The van der Waals surface area contributed by atoms with Gasteiger partial charge in [-0.1, -0.05) is 27.5 Å². The molecule has 0 atom stereocenters. The Morgan fingerprint density at radius 3 is 2.40 bits per heavy atom. The molecule has 2 amide bonds. The summed E-state index contributed by atoms with van der Waals surface area (Å²) in [6, 6.07) is 5.08. The maximum atomic E-state index is 11.5. The third-order valence-corrected chi connectivity index (χ3v) is 3.01. The highest BCUT2D eigenvalue weighted by Gasteiger charge is 2.31. The molecule has 0 N–H and O–H groups in total. The average Bonchev–Trinajstić information content (AvgIpc) is 2.51. The average molecular weight is 289 g/mol. The molecule has 0 bridgehead atoms. The van der Waals surface area contributed by atoms with E-state index >= 15 is 0 Å². The summed E-state index contributed by atoms with van der Waals surface area (Å²) in [7, 11) is 0. The van der Waals surface area contributed by atoms with E-state index in [1.807, 2.05) is 0 Å². The SMILES string of the molecule is O=C1CCC(=O)N1c1cc(Br)ccc1Cl. The summed E-state index contributed by atoms with van der Waals surface area (Å²) >= 11 is 9.22. The predicted octanol–water partition coefficient (Wildman–Crippen LogP) is 2.76. The molecule has 78 valence electrons. The molecule has 2 rings (SSSR count). The van der Waals surface area contributed by atoms with Gasteiger partial charge in [-0.25, -0.2) is 4.90 Å². The van der Waals surface area contributed by atoms with Gasteiger partial charge < -0.3 is 0 Å². The third kappa shape index (κ3) is 1.92. The molecular weight excluding hydrogens is 281 g/mol. The van der Waals surface area contributed by atoms with Crippen LogP contribution in [0.2, 0.25) is 5.02 Å². The van der Waals surface area contributed by atoms with Crippen molar-refractivity contribution in [2.45, 2.75) is 12.8 Å². The zero-order valence-electron chi connectivity index (χ0n) is 7.67. The van der Waals surface area contributed by atoms with Crippen molar-refractivity contribution in [1.29, 1.82) is 0 Å². The van der Waals surface area contributed by atoms with Gasteiger partial charge in [0.1, 0.15) is 0 Å². The normalized spacial score (nSPS) is 16.3. The number of carbonyl (C=O) groups excluding carboxylic acids is 2. The van der Waals surface area contributed by atoms with Crippen LogP contribution >= 0.6 is 27.5 Å². The van der Waals surface area contributed by atoms with Crippen LogP contribution in [0.25, 0.3) is 0 Å². The van der Waals surface area contributed by atoms with E-state index in [0.717, 1.165) is 9.37 Å². The number of anilines is 1. The summed E-state index contributed by atoms with van der Waals surface area (Å²) in [6.07, 6.45) is 0.531. The Labute approximate surface area is 100 Å². The van der Waals surface area contributed by atoms with Crippen LogP contribution in [-0.4, -0.2) is 11.8 Å². The highest BCUT2D eigenvalue weighted by atomic mass is 79.9. The number of carbonyl (C=O) groups is 2. The molecule has 1 saturated heterocycles. The van der Waals surface area contributed by atoms with Crippen LogP contribution in [0.5, 0.6) is 0 Å². The van der Waals surface area contributed by atoms with E-state index in [4.69, 9.17) is 11.6 Å². The number of nitrogens with zero attached hydrogens (tertiary/aromatic N) is 1. The summed E-state index contributed by atoms with van der Waals surface area (Å²) in [4.78, 5) is 24.1. The number of hydrogen-bond acceptors (Lipinski definition) is 2. The minimum Gasteiger partial charge on any atom is -0.274 e. The van der Waals surface area contributed by atoms with Crippen molar-refractivity contribution in [3.63, 3.8) is 0 Å². The molecule has 0 aromatic heterocycles. The van der Waals surface area contributed by atoms with Crippen LogP contribution < -0.4 is 4.90 Å². The second kappa shape index (κ2) is 3.94. The molecule has 0 radical (unpaired) electrons. The van der Waals surface area contributed by atoms with Crippen molar-refractivity contribution in [1.82, 2.24) is 0 Å². The van der Waals surface area contributed by atoms with Gasteiger partial charge in [0.15, 0.2) is 0 Å². The Hall–Kier alpha value is -0.870. The molecule has 0 unspecified atom stereocenters. The van der Waals surface area contributed by atoms with Gasteiger partial charge in [-0.3, -0.25) is 9.59 Å². The van der Waals surface area contributed by atoms with E-state index in [0.29, 0.717) is 10.7 Å². The Kier molecular flexibility index (Phi) is 2.80. The van der Waals surface area contributed by atoms with Gasteiger partial charge in [0.2, 0.25) is 11.8 Å². The van der Waals surface area contributed by atoms with E-state index in [1.54, 1.807) is 18.2 Å². The quantitative estimate of drug-likeness (QED) is 0.745. The molecule has 1 fully saturated rings. The van der Waals surface area contributed by atoms with Gasteiger partial charge in [-0.15, -0.1) is 0 Å². The van der Waals surface area contributed by atoms with Crippen molar-refractivity contribution < 1.29 is 9.59 Å². The van der Waals surface area contributed by atoms with Crippen molar-refractivity contribution in [2.24, 2.45) is 0 Å². The largest absolute Gasteiger partial charge is 0.274 e. The van der Waals surface area contributed by atoms with Crippen LogP contribution in [0.4, 0.5) is 5.69 Å². The summed E-state index contributed by atoms with van der Waals surface area (Å²) in [5.41, 5.74) is 0.457. The number of halogens is 2. The number of imide groups is 1. The van der Waals surface area contributed by atoms with E-state index in [-0.39, 0.29) is 24.7 Å². The second-order valence-electron chi connectivity index (χ2n) is 3.22. The molecule has 0 aliphatic carbocycles. The molecule has 0 saturated carbocycles. The molecule has 1 aromatic carbocycles. The first-order valence-electron chi connectivity index (χ1n) is 4.40. The summed E-state index contributed by atoms with van der Waals surface area (Å²) < 4.78 is 0.786. The Bertz CT molecular complexity index is 431. The number of hydrogen-bond donors (Lipinski definition) is 0. The minimum atomic E-state index is -0.194. The highest BCUT2D eigenvalue weighted by Crippen LogP contribution is 2.32. The molecule has 1 aliphatic heterocycles. The fourth-order valence-electron chi connectivity index (χ4n) is 1.50. The summed E-state index contributed by atoms with van der Waals surface area (Å²) in [5, 5.41) is 0.404. The Morgan fingerprint density at radius 1 is 1.20 bits per heavy atom. The molecule has 1 heterocycles. The standard InChI is InChI=1S/C10H7BrClNO2/c11-6-1-2-7(12)8(5-6)13-9(14)3-4-10(13)15/h1-2,5H,3-4H2. The molecule has 1 aromatic rings. The maximum absolute atomic E-state index is 11.5. The lowest BCUT2D eigenvalue weighted by Crippen LogP contribution is -2.28. The van der Waals surface area contributed by atoms with Gasteiger partial charge in [-0.05, 0) is 18.2 Å². The second-order valence-corrected chi connectivity index (χ2v) is 4.54. The molecule has 0 spiro atoms. The van der Waals surface area contributed by atoms with Crippen LogP contribution in [0, 0.1) is 0 Å². The zero-order valence-corrected chi connectivity index (χ0v) is 10.0. The zero-order chi connectivity index (χ0) is 11.0. The Morgan fingerprint density at radius 2 is 1.80 bits per heavy atom. The van der Waals surface area contributed by atoms with E-state index < -0.39 is 0 Å². The number of rotatable bonds is 1. The molecule has 1 aliphatic rings. The summed E-state index contributed by atoms with van der Waals surface area (Å²) in [5.74, 6) is -0.389. The van der Waals surface area contributed by atoms with Gasteiger partial charge in [0, 0.05) is 17.3 Å². The van der Waals surface area contributed by atoms with Crippen molar-refractivity contribution >= 4 is 45.0 Å². The van der Waals surface area contributed by atoms with Crippen molar-refractivity contribution in [3.8, 4) is 0 Å². The highest BCUT2D eigenvalue weighted by molar-refractivity contribution is 9.10. The fraction of sp³-hybridized carbons (Fsp3) is 0.200. The maximum Gasteiger partial charge on any atom is 0.234 e. The van der Waals surface area contributed by atoms with Gasteiger partial charge in [0.25, 0.3) is 0 Å². The van der Waals surface area contributed by atoms with Crippen LogP contribution in [0.1, 0.15) is 12.8 Å². The first-order chi connectivity index (χ1) is 7.09. The van der Waals surface area contributed by atoms with Crippen molar-refractivity contribution in [2.75, 3.05) is 4.90 Å². The topological polar surface area (TPSA) is 37.4 Å². The lowest BCUT2D eigenvalue weighted by molar-refractivity contribution is -0.121. The fourth-order valence-corrected chi connectivity index (χ4v) is 2.05. The first-order valence-corrected chi connectivity index (χ1v) is 5.57. The Balaban J connectivity index is 2.48. The van der Waals surface area contributed by atoms with Crippen LogP contribution in [0.3, 0.4) is 0 Å². The van der Waals surface area contributed by atoms with Crippen molar-refractivity contribution in [3.05, 3.63) is 27.7 Å². The minimum absolute atomic E-state index is 0.194. The first kappa shape index (κ1) is 10.6. The monoisotopic (exact) mass is 287 g/mol. The van der Waals surface area contributed by atoms with E-state index in [2.05, 4.69) is 15.9 Å². The van der Waals surface area contributed by atoms with Gasteiger partial charge in [-0.2, -0.15) is 0 Å². The predicted molar refractivity (Wildman–Crippen MR) is 60.9 cm³/mol. The number of benzene rings is 1. The molecule has 15 heavy (non-hydrogen) atoms.